The molecule has 0 aromatic carbocycles. The van der Waals surface area contributed by atoms with Crippen molar-refractivity contribution in [3.63, 3.8) is 0 Å². The lowest BCUT2D eigenvalue weighted by molar-refractivity contribution is -0.144. The minimum atomic E-state index is 0.0226. The zero-order chi connectivity index (χ0) is 17.6. The Hall–Kier alpha value is -1.14. The molecule has 1 rings (SSSR count). The van der Waals surface area contributed by atoms with Gasteiger partial charge in [0, 0.05) is 39.4 Å². The molecule has 1 aliphatic rings. The van der Waals surface area contributed by atoms with Crippen LogP contribution in [0.2, 0.25) is 0 Å². The molecule has 24 heavy (non-hydrogen) atoms. The van der Waals surface area contributed by atoms with Crippen molar-refractivity contribution in [2.75, 3.05) is 52.6 Å². The van der Waals surface area contributed by atoms with E-state index >= 15 is 0 Å². The van der Waals surface area contributed by atoms with E-state index in [9.17, 15) is 9.59 Å². The van der Waals surface area contributed by atoms with Crippen LogP contribution in [-0.4, -0.2) is 74.2 Å². The molecule has 6 nitrogen and oxygen atoms in total. The van der Waals surface area contributed by atoms with E-state index in [4.69, 9.17) is 9.47 Å². The molecule has 1 saturated heterocycles. The van der Waals surface area contributed by atoms with Crippen LogP contribution in [0.25, 0.3) is 0 Å². The SMILES string of the molecule is CCCCCOCC(=O)N1CCN(C(=O)COCCCCC)CC1. The van der Waals surface area contributed by atoms with Crippen LogP contribution < -0.4 is 0 Å². The second-order valence-corrected chi connectivity index (χ2v) is 6.28. The van der Waals surface area contributed by atoms with Crippen molar-refractivity contribution < 1.29 is 19.1 Å². The summed E-state index contributed by atoms with van der Waals surface area (Å²) in [5, 5.41) is 0. The normalized spacial score (nSPS) is 14.9. The summed E-state index contributed by atoms with van der Waals surface area (Å²) in [6.07, 6.45) is 6.57. The van der Waals surface area contributed by atoms with Crippen molar-refractivity contribution in [2.45, 2.75) is 52.4 Å². The molecule has 140 valence electrons. The second-order valence-electron chi connectivity index (χ2n) is 6.28. The van der Waals surface area contributed by atoms with Crippen molar-refractivity contribution in [3.8, 4) is 0 Å². The monoisotopic (exact) mass is 342 g/mol. The molecule has 0 saturated carbocycles. The average Bonchev–Trinajstić information content (AvgIpc) is 2.61. The molecule has 0 N–H and O–H groups in total. The average molecular weight is 342 g/mol. The number of carbonyl (C=O) groups is 2. The second kappa shape index (κ2) is 13.2. The molecule has 0 bridgehead atoms. The van der Waals surface area contributed by atoms with Crippen LogP contribution in [0.1, 0.15) is 52.4 Å². The molecule has 0 radical (unpaired) electrons. The lowest BCUT2D eigenvalue weighted by Gasteiger charge is -2.34. The Balaban J connectivity index is 2.11. The molecular weight excluding hydrogens is 308 g/mol. The molecule has 2 amide bonds. The minimum Gasteiger partial charge on any atom is -0.372 e. The van der Waals surface area contributed by atoms with Crippen LogP contribution >= 0.6 is 0 Å². The first-order valence-electron chi connectivity index (χ1n) is 9.40. The maximum absolute atomic E-state index is 12.1. The zero-order valence-electron chi connectivity index (χ0n) is 15.4. The van der Waals surface area contributed by atoms with Gasteiger partial charge in [-0.1, -0.05) is 39.5 Å². The quantitative estimate of drug-likeness (QED) is 0.510. The largest absolute Gasteiger partial charge is 0.372 e. The first-order chi connectivity index (χ1) is 11.7. The predicted molar refractivity (Wildman–Crippen MR) is 93.8 cm³/mol. The number of nitrogens with zero attached hydrogens (tertiary/aromatic N) is 2. The molecule has 6 heteroatoms. The van der Waals surface area contributed by atoms with E-state index in [0.717, 1.165) is 38.5 Å². The van der Waals surface area contributed by atoms with Gasteiger partial charge in [-0.05, 0) is 12.8 Å². The molecule has 1 heterocycles. The van der Waals surface area contributed by atoms with Crippen molar-refractivity contribution in [1.82, 2.24) is 9.80 Å². The fourth-order valence-electron chi connectivity index (χ4n) is 2.62. The van der Waals surface area contributed by atoms with Gasteiger partial charge < -0.3 is 19.3 Å². The Kier molecular flexibility index (Phi) is 11.5. The molecule has 1 aliphatic heterocycles. The summed E-state index contributed by atoms with van der Waals surface area (Å²) in [6.45, 7) is 8.20. The van der Waals surface area contributed by atoms with E-state index in [1.807, 2.05) is 0 Å². The molecule has 1 fully saturated rings. The highest BCUT2D eigenvalue weighted by molar-refractivity contribution is 5.79. The van der Waals surface area contributed by atoms with Crippen LogP contribution in [0.3, 0.4) is 0 Å². The highest BCUT2D eigenvalue weighted by Gasteiger charge is 2.23. The predicted octanol–water partition coefficient (Wildman–Crippen LogP) is 2.07. The van der Waals surface area contributed by atoms with Crippen molar-refractivity contribution in [1.29, 1.82) is 0 Å². The van der Waals surface area contributed by atoms with Gasteiger partial charge >= 0.3 is 0 Å². The highest BCUT2D eigenvalue weighted by atomic mass is 16.5. The van der Waals surface area contributed by atoms with E-state index in [2.05, 4.69) is 13.8 Å². The summed E-state index contributed by atoms with van der Waals surface area (Å²) in [7, 11) is 0. The third-order valence-corrected chi connectivity index (χ3v) is 4.22. The number of ether oxygens (including phenoxy) is 2. The standard InChI is InChI=1S/C18H34N2O4/c1-3-5-7-13-23-15-17(21)19-9-11-20(12-10-19)18(22)16-24-14-8-6-4-2/h3-16H2,1-2H3. The first-order valence-corrected chi connectivity index (χ1v) is 9.40. The lowest BCUT2D eigenvalue weighted by atomic mass is 10.3. The Morgan fingerprint density at radius 2 is 1.08 bits per heavy atom. The fraction of sp³-hybridized carbons (Fsp3) is 0.889. The van der Waals surface area contributed by atoms with E-state index in [-0.39, 0.29) is 25.0 Å². The molecule has 0 spiro atoms. The van der Waals surface area contributed by atoms with Gasteiger partial charge in [0.1, 0.15) is 13.2 Å². The maximum Gasteiger partial charge on any atom is 0.248 e. The van der Waals surface area contributed by atoms with Crippen LogP contribution in [0, 0.1) is 0 Å². The van der Waals surface area contributed by atoms with Crippen molar-refractivity contribution >= 4 is 11.8 Å². The number of rotatable bonds is 12. The Labute approximate surface area is 146 Å². The summed E-state index contributed by atoms with van der Waals surface area (Å²) >= 11 is 0. The molecule has 0 aliphatic carbocycles. The number of hydrogen-bond acceptors (Lipinski definition) is 4. The van der Waals surface area contributed by atoms with Crippen LogP contribution in [0.4, 0.5) is 0 Å². The number of carbonyl (C=O) groups excluding carboxylic acids is 2. The van der Waals surface area contributed by atoms with E-state index < -0.39 is 0 Å². The number of unbranched alkanes of at least 4 members (excludes halogenated alkanes) is 4. The smallest absolute Gasteiger partial charge is 0.248 e. The minimum absolute atomic E-state index is 0.0226. The first kappa shape index (κ1) is 20.9. The zero-order valence-corrected chi connectivity index (χ0v) is 15.4. The number of amides is 2. The van der Waals surface area contributed by atoms with Crippen LogP contribution in [-0.2, 0) is 19.1 Å². The third-order valence-electron chi connectivity index (χ3n) is 4.22. The van der Waals surface area contributed by atoms with E-state index in [1.165, 1.54) is 0 Å². The molecule has 0 aromatic heterocycles. The van der Waals surface area contributed by atoms with Crippen molar-refractivity contribution in [3.05, 3.63) is 0 Å². The van der Waals surface area contributed by atoms with E-state index in [1.54, 1.807) is 9.80 Å². The van der Waals surface area contributed by atoms with E-state index in [0.29, 0.717) is 39.4 Å². The summed E-state index contributed by atoms with van der Waals surface area (Å²) in [5.74, 6) is 0.0452. The molecule has 0 atom stereocenters. The number of piperazine rings is 1. The maximum atomic E-state index is 12.1. The van der Waals surface area contributed by atoms with Gasteiger partial charge in [-0.25, -0.2) is 0 Å². The Morgan fingerprint density at radius 1 is 0.708 bits per heavy atom. The van der Waals surface area contributed by atoms with Gasteiger partial charge in [-0.3, -0.25) is 9.59 Å². The van der Waals surface area contributed by atoms with Gasteiger partial charge in [0.2, 0.25) is 11.8 Å². The van der Waals surface area contributed by atoms with Gasteiger partial charge in [0.15, 0.2) is 0 Å². The summed E-state index contributed by atoms with van der Waals surface area (Å²) in [4.78, 5) is 27.7. The topological polar surface area (TPSA) is 59.1 Å². The van der Waals surface area contributed by atoms with Gasteiger partial charge in [0.25, 0.3) is 0 Å². The van der Waals surface area contributed by atoms with Crippen LogP contribution in [0.15, 0.2) is 0 Å². The summed E-state index contributed by atoms with van der Waals surface area (Å²) in [6, 6.07) is 0. The summed E-state index contributed by atoms with van der Waals surface area (Å²) in [5.41, 5.74) is 0. The van der Waals surface area contributed by atoms with Gasteiger partial charge in [0.05, 0.1) is 0 Å². The van der Waals surface area contributed by atoms with Gasteiger partial charge in [-0.2, -0.15) is 0 Å². The molecule has 0 unspecified atom stereocenters. The lowest BCUT2D eigenvalue weighted by Crippen LogP contribution is -2.52. The van der Waals surface area contributed by atoms with Crippen molar-refractivity contribution in [2.24, 2.45) is 0 Å². The molecule has 0 aromatic rings. The Bertz CT molecular complexity index is 321. The third kappa shape index (κ3) is 8.64. The molecular formula is C18H34N2O4. The van der Waals surface area contributed by atoms with Gasteiger partial charge in [-0.15, -0.1) is 0 Å². The Morgan fingerprint density at radius 3 is 1.42 bits per heavy atom. The number of hydrogen-bond donors (Lipinski definition) is 0. The summed E-state index contributed by atoms with van der Waals surface area (Å²) < 4.78 is 10.8. The van der Waals surface area contributed by atoms with Crippen LogP contribution in [0.5, 0.6) is 0 Å². The fourth-order valence-corrected chi connectivity index (χ4v) is 2.62. The highest BCUT2D eigenvalue weighted by Crippen LogP contribution is 2.04.